The number of carbonyl (C=O) groups excluding carboxylic acids is 3. The highest BCUT2D eigenvalue weighted by Gasteiger charge is 2.16. The molecule has 0 amide bonds. The van der Waals surface area contributed by atoms with Crippen LogP contribution < -0.4 is 4.74 Å². The van der Waals surface area contributed by atoms with E-state index in [9.17, 15) is 18.8 Å². The zero-order chi connectivity index (χ0) is 17.7. The van der Waals surface area contributed by atoms with Crippen LogP contribution in [-0.4, -0.2) is 32.1 Å². The Morgan fingerprint density at radius 2 is 1.25 bits per heavy atom. The Morgan fingerprint density at radius 3 is 1.71 bits per heavy atom. The number of hydrogen-bond acceptors (Lipinski definition) is 6. The summed E-state index contributed by atoms with van der Waals surface area (Å²) in [5.41, 5.74) is 0.143. The predicted octanol–water partition coefficient (Wildman–Crippen LogP) is 2.62. The average molecular weight is 332 g/mol. The van der Waals surface area contributed by atoms with Crippen LogP contribution in [0.1, 0.15) is 31.1 Å². The first-order valence-corrected chi connectivity index (χ1v) is 6.74. The van der Waals surface area contributed by atoms with Crippen molar-refractivity contribution in [2.45, 2.75) is 0 Å². The molecule has 0 aliphatic carbocycles. The average Bonchev–Trinajstić information content (AvgIpc) is 2.60. The van der Waals surface area contributed by atoms with E-state index in [0.717, 1.165) is 12.1 Å². The highest BCUT2D eigenvalue weighted by molar-refractivity contribution is 5.97. The van der Waals surface area contributed by atoms with Crippen LogP contribution in [0.15, 0.2) is 42.5 Å². The second-order valence-corrected chi connectivity index (χ2v) is 4.63. The summed E-state index contributed by atoms with van der Waals surface area (Å²) in [6.07, 6.45) is 0. The van der Waals surface area contributed by atoms with E-state index in [-0.39, 0.29) is 22.4 Å². The molecule has 0 heterocycles. The summed E-state index contributed by atoms with van der Waals surface area (Å²) in [5, 5.41) is 0. The molecular formula is C17H13FO6. The predicted molar refractivity (Wildman–Crippen MR) is 80.5 cm³/mol. The van der Waals surface area contributed by atoms with Crippen molar-refractivity contribution < 1.29 is 33.0 Å². The molecule has 2 rings (SSSR count). The van der Waals surface area contributed by atoms with E-state index < -0.39 is 23.7 Å². The number of benzene rings is 2. The molecule has 6 nitrogen and oxygen atoms in total. The summed E-state index contributed by atoms with van der Waals surface area (Å²) in [6.45, 7) is 0. The maximum Gasteiger partial charge on any atom is 0.343 e. The Bertz CT molecular complexity index is 748. The number of esters is 3. The highest BCUT2D eigenvalue weighted by Crippen LogP contribution is 2.20. The highest BCUT2D eigenvalue weighted by atomic mass is 19.1. The molecule has 0 aliphatic heterocycles. The van der Waals surface area contributed by atoms with Gasteiger partial charge in [0.25, 0.3) is 0 Å². The Hall–Kier alpha value is -3.22. The van der Waals surface area contributed by atoms with Crippen LogP contribution in [0, 0.1) is 5.82 Å². The Balaban J connectivity index is 2.34. The lowest BCUT2D eigenvalue weighted by molar-refractivity contribution is 0.0593. The normalized spacial score (nSPS) is 9.96. The van der Waals surface area contributed by atoms with Crippen molar-refractivity contribution in [2.75, 3.05) is 14.2 Å². The van der Waals surface area contributed by atoms with E-state index in [1.807, 2.05) is 0 Å². The van der Waals surface area contributed by atoms with Gasteiger partial charge in [-0.2, -0.15) is 0 Å². The first kappa shape index (κ1) is 17.1. The molecular weight excluding hydrogens is 319 g/mol. The number of rotatable bonds is 4. The fraction of sp³-hybridized carbons (Fsp3) is 0.118. The van der Waals surface area contributed by atoms with Crippen molar-refractivity contribution in [1.29, 1.82) is 0 Å². The van der Waals surface area contributed by atoms with Gasteiger partial charge in [-0.05, 0) is 42.5 Å². The smallest absolute Gasteiger partial charge is 0.343 e. The lowest BCUT2D eigenvalue weighted by Crippen LogP contribution is -2.11. The molecule has 0 saturated carbocycles. The zero-order valence-electron chi connectivity index (χ0n) is 12.9. The number of carbonyl (C=O) groups is 3. The minimum Gasteiger partial charge on any atom is -0.465 e. The van der Waals surface area contributed by atoms with Gasteiger partial charge in [0.15, 0.2) is 0 Å². The van der Waals surface area contributed by atoms with Crippen LogP contribution in [0.4, 0.5) is 4.39 Å². The maximum absolute atomic E-state index is 12.9. The summed E-state index contributed by atoms with van der Waals surface area (Å²) < 4.78 is 27.2. The van der Waals surface area contributed by atoms with Crippen molar-refractivity contribution >= 4 is 17.9 Å². The molecule has 0 spiro atoms. The standard InChI is InChI=1S/C17H13FO6/c1-22-15(19)11-7-12(16(20)23-2)9-14(8-11)24-17(21)10-3-5-13(18)6-4-10/h3-9H,1-2H3. The van der Waals surface area contributed by atoms with E-state index >= 15 is 0 Å². The molecule has 0 saturated heterocycles. The molecule has 0 radical (unpaired) electrons. The lowest BCUT2D eigenvalue weighted by Gasteiger charge is -2.08. The molecule has 0 aliphatic rings. The van der Waals surface area contributed by atoms with Crippen LogP contribution in [0.25, 0.3) is 0 Å². The molecule has 124 valence electrons. The van der Waals surface area contributed by atoms with Gasteiger partial charge in [-0.15, -0.1) is 0 Å². The van der Waals surface area contributed by atoms with E-state index in [4.69, 9.17) is 4.74 Å². The first-order valence-electron chi connectivity index (χ1n) is 6.74. The van der Waals surface area contributed by atoms with Crippen molar-refractivity contribution in [1.82, 2.24) is 0 Å². The van der Waals surface area contributed by atoms with Gasteiger partial charge in [0.1, 0.15) is 11.6 Å². The van der Waals surface area contributed by atoms with Gasteiger partial charge in [-0.25, -0.2) is 18.8 Å². The van der Waals surface area contributed by atoms with Crippen LogP contribution >= 0.6 is 0 Å². The van der Waals surface area contributed by atoms with Gasteiger partial charge in [-0.1, -0.05) is 0 Å². The molecule has 24 heavy (non-hydrogen) atoms. The van der Waals surface area contributed by atoms with Crippen LogP contribution in [0.5, 0.6) is 5.75 Å². The van der Waals surface area contributed by atoms with E-state index in [1.54, 1.807) is 0 Å². The third-order valence-corrected chi connectivity index (χ3v) is 3.04. The zero-order valence-corrected chi connectivity index (χ0v) is 12.9. The minimum absolute atomic E-state index is 0.0160. The number of halogens is 1. The molecule has 7 heteroatoms. The third kappa shape index (κ3) is 3.95. The SMILES string of the molecule is COC(=O)c1cc(OC(=O)c2ccc(F)cc2)cc(C(=O)OC)c1. The molecule has 0 N–H and O–H groups in total. The Kier molecular flexibility index (Phi) is 5.26. The summed E-state index contributed by atoms with van der Waals surface area (Å²) in [6, 6.07) is 8.49. The minimum atomic E-state index is -0.771. The number of methoxy groups -OCH3 is 2. The molecule has 0 aromatic heterocycles. The molecule has 2 aromatic rings. The maximum atomic E-state index is 12.9. The summed E-state index contributed by atoms with van der Waals surface area (Å²) in [7, 11) is 2.36. The van der Waals surface area contributed by atoms with Gasteiger partial charge in [0.05, 0.1) is 30.9 Å². The molecule has 0 unspecified atom stereocenters. The molecule has 2 aromatic carbocycles. The van der Waals surface area contributed by atoms with E-state index in [2.05, 4.69) is 9.47 Å². The van der Waals surface area contributed by atoms with Crippen LogP contribution in [0.2, 0.25) is 0 Å². The fourth-order valence-corrected chi connectivity index (χ4v) is 1.88. The summed E-state index contributed by atoms with van der Waals surface area (Å²) in [4.78, 5) is 35.4. The second kappa shape index (κ2) is 7.36. The topological polar surface area (TPSA) is 78.9 Å². The van der Waals surface area contributed by atoms with E-state index in [0.29, 0.717) is 0 Å². The largest absolute Gasteiger partial charge is 0.465 e. The van der Waals surface area contributed by atoms with Crippen LogP contribution in [0.3, 0.4) is 0 Å². The summed E-state index contributed by atoms with van der Waals surface area (Å²) >= 11 is 0. The number of hydrogen-bond donors (Lipinski definition) is 0. The second-order valence-electron chi connectivity index (χ2n) is 4.63. The Labute approximate surface area is 136 Å². The number of ether oxygens (including phenoxy) is 3. The monoisotopic (exact) mass is 332 g/mol. The van der Waals surface area contributed by atoms with Crippen molar-refractivity contribution in [2.24, 2.45) is 0 Å². The van der Waals surface area contributed by atoms with Gasteiger partial charge < -0.3 is 14.2 Å². The van der Waals surface area contributed by atoms with Gasteiger partial charge >= 0.3 is 17.9 Å². The quantitative estimate of drug-likeness (QED) is 0.632. The molecule has 0 bridgehead atoms. The first-order chi connectivity index (χ1) is 11.4. The lowest BCUT2D eigenvalue weighted by atomic mass is 10.1. The van der Waals surface area contributed by atoms with Crippen molar-refractivity contribution in [3.63, 3.8) is 0 Å². The van der Waals surface area contributed by atoms with Gasteiger partial charge in [0, 0.05) is 0 Å². The van der Waals surface area contributed by atoms with Crippen LogP contribution in [-0.2, 0) is 9.47 Å². The molecule has 0 fully saturated rings. The van der Waals surface area contributed by atoms with Gasteiger partial charge in [-0.3, -0.25) is 0 Å². The summed E-state index contributed by atoms with van der Waals surface area (Å²) in [5.74, 6) is -2.73. The fourth-order valence-electron chi connectivity index (χ4n) is 1.88. The van der Waals surface area contributed by atoms with E-state index in [1.165, 1.54) is 44.6 Å². The Morgan fingerprint density at radius 1 is 0.750 bits per heavy atom. The molecule has 0 atom stereocenters. The van der Waals surface area contributed by atoms with Gasteiger partial charge in [0.2, 0.25) is 0 Å². The van der Waals surface area contributed by atoms with Crippen molar-refractivity contribution in [3.8, 4) is 5.75 Å². The van der Waals surface area contributed by atoms with Crippen molar-refractivity contribution in [3.05, 3.63) is 65.0 Å². The third-order valence-electron chi connectivity index (χ3n) is 3.04.